The molecule has 0 heterocycles. The molecule has 0 aliphatic heterocycles. The average Bonchev–Trinajstić information content (AvgIpc) is 2.54. The van der Waals surface area contributed by atoms with Crippen LogP contribution in [0.5, 0.6) is 0 Å². The lowest BCUT2D eigenvalue weighted by atomic mass is 10.2. The van der Waals surface area contributed by atoms with E-state index in [4.69, 9.17) is 23.2 Å². The minimum absolute atomic E-state index is 0.104. The Morgan fingerprint density at radius 2 is 1.43 bits per heavy atom. The van der Waals surface area contributed by atoms with Gasteiger partial charge >= 0.3 is 0 Å². The number of amides is 2. The van der Waals surface area contributed by atoms with Crippen molar-refractivity contribution >= 4 is 40.7 Å². The summed E-state index contributed by atoms with van der Waals surface area (Å²) in [5.74, 6) is -0.284. The van der Waals surface area contributed by atoms with E-state index in [0.717, 1.165) is 0 Å². The Balaban J connectivity index is 1.68. The first-order valence-electron chi connectivity index (χ1n) is 7.14. The van der Waals surface area contributed by atoms with Gasteiger partial charge in [-0.2, -0.15) is 0 Å². The Bertz CT molecular complexity index is 670. The maximum Gasteiger partial charge on any atom is 0.251 e. The van der Waals surface area contributed by atoms with Crippen LogP contribution >= 0.6 is 23.2 Å². The maximum atomic E-state index is 11.9. The van der Waals surface area contributed by atoms with E-state index < -0.39 is 0 Å². The van der Waals surface area contributed by atoms with Gasteiger partial charge in [0.1, 0.15) is 0 Å². The van der Waals surface area contributed by atoms with Gasteiger partial charge < -0.3 is 10.6 Å². The Labute approximate surface area is 144 Å². The molecule has 0 aliphatic rings. The maximum absolute atomic E-state index is 11.9. The molecule has 120 valence electrons. The minimum Gasteiger partial charge on any atom is -0.352 e. The smallest absolute Gasteiger partial charge is 0.251 e. The summed E-state index contributed by atoms with van der Waals surface area (Å²) in [6.45, 7) is 0.426. The molecule has 0 atom stereocenters. The van der Waals surface area contributed by atoms with Crippen molar-refractivity contribution in [3.05, 3.63) is 64.1 Å². The molecule has 2 aromatic rings. The monoisotopic (exact) mass is 350 g/mol. The highest BCUT2D eigenvalue weighted by Crippen LogP contribution is 2.13. The third-order valence-corrected chi connectivity index (χ3v) is 3.60. The highest BCUT2D eigenvalue weighted by atomic mass is 35.5. The van der Waals surface area contributed by atoms with Crippen molar-refractivity contribution < 1.29 is 9.59 Å². The highest BCUT2D eigenvalue weighted by Gasteiger charge is 2.06. The Hall–Kier alpha value is -2.04. The van der Waals surface area contributed by atoms with Gasteiger partial charge in [0, 0.05) is 34.3 Å². The molecule has 6 heteroatoms. The molecule has 4 nitrogen and oxygen atoms in total. The van der Waals surface area contributed by atoms with Crippen molar-refractivity contribution in [1.29, 1.82) is 0 Å². The minimum atomic E-state index is -0.181. The number of nitrogens with one attached hydrogen (secondary N) is 2. The first-order chi connectivity index (χ1) is 11.0. The van der Waals surface area contributed by atoms with E-state index in [9.17, 15) is 9.59 Å². The van der Waals surface area contributed by atoms with Crippen LogP contribution in [0.3, 0.4) is 0 Å². The van der Waals surface area contributed by atoms with Gasteiger partial charge in [-0.05, 0) is 55.0 Å². The molecule has 2 aromatic carbocycles. The zero-order chi connectivity index (χ0) is 16.7. The van der Waals surface area contributed by atoms with E-state index in [1.54, 1.807) is 48.5 Å². The molecule has 0 spiro atoms. The van der Waals surface area contributed by atoms with Crippen molar-refractivity contribution in [3.8, 4) is 0 Å². The zero-order valence-electron chi connectivity index (χ0n) is 12.3. The van der Waals surface area contributed by atoms with Crippen LogP contribution in [0.1, 0.15) is 23.2 Å². The van der Waals surface area contributed by atoms with Crippen LogP contribution < -0.4 is 10.6 Å². The number of hydrogen-bond acceptors (Lipinski definition) is 2. The van der Waals surface area contributed by atoms with E-state index in [1.807, 2.05) is 0 Å². The first kappa shape index (κ1) is 17.3. The van der Waals surface area contributed by atoms with Gasteiger partial charge in [-0.25, -0.2) is 0 Å². The lowest BCUT2D eigenvalue weighted by Gasteiger charge is -2.07. The van der Waals surface area contributed by atoms with Crippen LogP contribution in [-0.2, 0) is 4.79 Å². The predicted molar refractivity (Wildman–Crippen MR) is 93.1 cm³/mol. The molecule has 23 heavy (non-hydrogen) atoms. The molecule has 0 unspecified atom stereocenters. The summed E-state index contributed by atoms with van der Waals surface area (Å²) < 4.78 is 0. The number of carbonyl (C=O) groups is 2. The third kappa shape index (κ3) is 5.93. The molecule has 0 aliphatic carbocycles. The highest BCUT2D eigenvalue weighted by molar-refractivity contribution is 6.31. The molecule has 0 fully saturated rings. The van der Waals surface area contributed by atoms with Crippen molar-refractivity contribution in [2.45, 2.75) is 12.8 Å². The van der Waals surface area contributed by atoms with Crippen LogP contribution in [0.4, 0.5) is 5.69 Å². The number of halogens is 2. The van der Waals surface area contributed by atoms with Crippen LogP contribution in [0.25, 0.3) is 0 Å². The number of benzene rings is 2. The summed E-state index contributed by atoms with van der Waals surface area (Å²) in [5.41, 5.74) is 1.24. The molecule has 0 saturated carbocycles. The summed E-state index contributed by atoms with van der Waals surface area (Å²) in [7, 11) is 0. The van der Waals surface area contributed by atoms with Gasteiger partial charge in [-0.15, -0.1) is 0 Å². The van der Waals surface area contributed by atoms with Crippen LogP contribution in [0.2, 0.25) is 10.0 Å². The largest absolute Gasteiger partial charge is 0.352 e. The molecule has 0 bridgehead atoms. The second-order valence-corrected chi connectivity index (χ2v) is 5.79. The number of carbonyl (C=O) groups excluding carboxylic acids is 2. The second kappa shape index (κ2) is 8.56. The van der Waals surface area contributed by atoms with E-state index >= 15 is 0 Å². The zero-order valence-corrected chi connectivity index (χ0v) is 13.8. The quantitative estimate of drug-likeness (QED) is 0.769. The van der Waals surface area contributed by atoms with Gasteiger partial charge in [-0.3, -0.25) is 9.59 Å². The molecular weight excluding hydrogens is 335 g/mol. The average molecular weight is 351 g/mol. The van der Waals surface area contributed by atoms with Crippen molar-refractivity contribution in [3.63, 3.8) is 0 Å². The normalized spacial score (nSPS) is 10.2. The lowest BCUT2D eigenvalue weighted by molar-refractivity contribution is -0.116. The Morgan fingerprint density at radius 3 is 2.04 bits per heavy atom. The summed E-state index contributed by atoms with van der Waals surface area (Å²) >= 11 is 11.5. The van der Waals surface area contributed by atoms with Crippen molar-refractivity contribution in [2.24, 2.45) is 0 Å². The Morgan fingerprint density at radius 1 is 0.870 bits per heavy atom. The topological polar surface area (TPSA) is 58.2 Å². The van der Waals surface area contributed by atoms with Gasteiger partial charge in [0.2, 0.25) is 5.91 Å². The molecule has 0 radical (unpaired) electrons. The summed E-state index contributed by atoms with van der Waals surface area (Å²) in [6, 6.07) is 13.5. The van der Waals surface area contributed by atoms with E-state index in [-0.39, 0.29) is 11.8 Å². The fraction of sp³-hybridized carbons (Fsp3) is 0.176. The third-order valence-electron chi connectivity index (χ3n) is 3.10. The van der Waals surface area contributed by atoms with Gasteiger partial charge in [0.15, 0.2) is 0 Å². The van der Waals surface area contributed by atoms with Crippen LogP contribution in [-0.4, -0.2) is 18.4 Å². The van der Waals surface area contributed by atoms with Gasteiger partial charge in [-0.1, -0.05) is 23.2 Å². The molecule has 2 rings (SSSR count). The van der Waals surface area contributed by atoms with E-state index in [2.05, 4.69) is 10.6 Å². The standard InChI is InChI=1S/C17H16Cl2N2O2/c18-13-5-3-12(4-6-13)17(23)20-11-1-2-16(22)21-15-9-7-14(19)8-10-15/h3-10H,1-2,11H2,(H,20,23)(H,21,22). The molecular formula is C17H16Cl2N2O2. The number of anilines is 1. The number of hydrogen-bond donors (Lipinski definition) is 2. The first-order valence-corrected chi connectivity index (χ1v) is 7.89. The fourth-order valence-corrected chi connectivity index (χ4v) is 2.16. The van der Waals surface area contributed by atoms with Crippen LogP contribution in [0.15, 0.2) is 48.5 Å². The summed E-state index contributed by atoms with van der Waals surface area (Å²) in [4.78, 5) is 23.6. The number of rotatable bonds is 6. The summed E-state index contributed by atoms with van der Waals surface area (Å²) in [6.07, 6.45) is 0.877. The lowest BCUT2D eigenvalue weighted by Crippen LogP contribution is -2.25. The summed E-state index contributed by atoms with van der Waals surface area (Å²) in [5, 5.41) is 6.74. The van der Waals surface area contributed by atoms with Crippen molar-refractivity contribution in [2.75, 3.05) is 11.9 Å². The molecule has 0 saturated heterocycles. The predicted octanol–water partition coefficient (Wildman–Crippen LogP) is 4.14. The second-order valence-electron chi connectivity index (χ2n) is 4.92. The van der Waals surface area contributed by atoms with Crippen molar-refractivity contribution in [1.82, 2.24) is 5.32 Å². The van der Waals surface area contributed by atoms with E-state index in [0.29, 0.717) is 40.7 Å². The molecule has 2 amide bonds. The van der Waals surface area contributed by atoms with E-state index in [1.165, 1.54) is 0 Å². The fourth-order valence-electron chi connectivity index (χ4n) is 1.91. The molecule has 2 N–H and O–H groups in total. The SMILES string of the molecule is O=C(CCCNC(=O)c1ccc(Cl)cc1)Nc1ccc(Cl)cc1. The Kier molecular flexibility index (Phi) is 6.44. The van der Waals surface area contributed by atoms with Gasteiger partial charge in [0.05, 0.1) is 0 Å². The van der Waals surface area contributed by atoms with Crippen LogP contribution in [0, 0.1) is 0 Å². The van der Waals surface area contributed by atoms with Gasteiger partial charge in [0.25, 0.3) is 5.91 Å². The molecule has 0 aromatic heterocycles.